The topological polar surface area (TPSA) is 53.5 Å². The first-order chi connectivity index (χ1) is 16.0. The fourth-order valence-corrected chi connectivity index (χ4v) is 4.97. The molecule has 33 heavy (non-hydrogen) atoms. The van der Waals surface area contributed by atoms with Crippen molar-refractivity contribution in [1.82, 2.24) is 4.98 Å². The number of rotatable bonds is 5. The van der Waals surface area contributed by atoms with Gasteiger partial charge in [0, 0.05) is 18.7 Å². The standard InChI is InChI=1S/C25H19F2N3O2S/c26-18-9-11-19(12-10-18)29-15-17(13-22(29)31)24(32)30(14-16-5-2-1-3-6-16)25-28-23-20(27)7-4-8-21(23)33-25/h1-12,17H,13-15H2. The Bertz CT molecular complexity index is 1320. The predicted octanol–water partition coefficient (Wildman–Crippen LogP) is 5.16. The van der Waals surface area contributed by atoms with Crippen LogP contribution >= 0.6 is 11.3 Å². The van der Waals surface area contributed by atoms with E-state index >= 15 is 0 Å². The molecule has 0 radical (unpaired) electrons. The molecule has 0 spiro atoms. The second-order valence-electron chi connectivity index (χ2n) is 7.87. The van der Waals surface area contributed by atoms with Crippen molar-refractivity contribution in [3.63, 3.8) is 0 Å². The number of fused-ring (bicyclic) bond motifs is 1. The molecule has 1 unspecified atom stereocenters. The molecule has 1 saturated heterocycles. The van der Waals surface area contributed by atoms with Gasteiger partial charge < -0.3 is 4.90 Å². The average Bonchev–Trinajstić information content (AvgIpc) is 3.43. The second kappa shape index (κ2) is 8.71. The molecule has 5 rings (SSSR count). The number of amides is 2. The van der Waals surface area contributed by atoms with E-state index in [2.05, 4.69) is 4.98 Å². The van der Waals surface area contributed by atoms with Gasteiger partial charge in [-0.2, -0.15) is 0 Å². The molecule has 1 atom stereocenters. The van der Waals surface area contributed by atoms with Crippen LogP contribution in [0.5, 0.6) is 0 Å². The third-order valence-corrected chi connectivity index (χ3v) is 6.70. The quantitative estimate of drug-likeness (QED) is 0.411. The Hall–Kier alpha value is -3.65. The minimum absolute atomic E-state index is 0.0424. The van der Waals surface area contributed by atoms with Crippen molar-refractivity contribution >= 4 is 44.2 Å². The van der Waals surface area contributed by atoms with Crippen LogP contribution in [0.4, 0.5) is 19.6 Å². The summed E-state index contributed by atoms with van der Waals surface area (Å²) in [6.07, 6.45) is 0.0424. The van der Waals surface area contributed by atoms with Crippen molar-refractivity contribution in [2.45, 2.75) is 13.0 Å². The van der Waals surface area contributed by atoms with Gasteiger partial charge >= 0.3 is 0 Å². The summed E-state index contributed by atoms with van der Waals surface area (Å²) in [5.74, 6) is -1.88. The molecule has 3 aromatic carbocycles. The van der Waals surface area contributed by atoms with Gasteiger partial charge in [0.25, 0.3) is 0 Å². The van der Waals surface area contributed by atoms with Crippen LogP contribution in [0.25, 0.3) is 10.2 Å². The number of hydrogen-bond donors (Lipinski definition) is 0. The number of carbonyl (C=O) groups is 2. The number of para-hydroxylation sites is 1. The third-order valence-electron chi connectivity index (χ3n) is 5.65. The van der Waals surface area contributed by atoms with E-state index in [9.17, 15) is 18.4 Å². The average molecular weight is 464 g/mol. The zero-order valence-electron chi connectivity index (χ0n) is 17.4. The third kappa shape index (κ3) is 4.21. The van der Waals surface area contributed by atoms with Crippen LogP contribution in [0.3, 0.4) is 0 Å². The summed E-state index contributed by atoms with van der Waals surface area (Å²) < 4.78 is 28.2. The largest absolute Gasteiger partial charge is 0.312 e. The zero-order chi connectivity index (χ0) is 22.9. The number of halogens is 2. The molecule has 2 amide bonds. The van der Waals surface area contributed by atoms with Gasteiger partial charge in [-0.05, 0) is 42.0 Å². The van der Waals surface area contributed by atoms with E-state index in [0.29, 0.717) is 15.5 Å². The second-order valence-corrected chi connectivity index (χ2v) is 8.88. The van der Waals surface area contributed by atoms with Crippen molar-refractivity contribution in [2.75, 3.05) is 16.3 Å². The lowest BCUT2D eigenvalue weighted by molar-refractivity contribution is -0.124. The lowest BCUT2D eigenvalue weighted by Crippen LogP contribution is -2.37. The van der Waals surface area contributed by atoms with Gasteiger partial charge in [-0.3, -0.25) is 14.5 Å². The van der Waals surface area contributed by atoms with E-state index in [0.717, 1.165) is 5.56 Å². The maximum atomic E-state index is 14.3. The van der Waals surface area contributed by atoms with Crippen LogP contribution in [0, 0.1) is 17.6 Å². The van der Waals surface area contributed by atoms with Crippen LogP contribution in [0.1, 0.15) is 12.0 Å². The van der Waals surface area contributed by atoms with Crippen molar-refractivity contribution < 1.29 is 18.4 Å². The number of thiazole rings is 1. The molecule has 1 fully saturated rings. The number of hydrogen-bond acceptors (Lipinski definition) is 4. The molecular weight excluding hydrogens is 444 g/mol. The predicted molar refractivity (Wildman–Crippen MR) is 124 cm³/mol. The highest BCUT2D eigenvalue weighted by molar-refractivity contribution is 7.22. The molecule has 5 nitrogen and oxygen atoms in total. The number of nitrogens with zero attached hydrogens (tertiary/aromatic N) is 3. The van der Waals surface area contributed by atoms with Gasteiger partial charge in [-0.25, -0.2) is 13.8 Å². The molecule has 1 aromatic heterocycles. The summed E-state index contributed by atoms with van der Waals surface area (Å²) in [6, 6.07) is 19.8. The van der Waals surface area contributed by atoms with E-state index in [4.69, 9.17) is 0 Å². The fourth-order valence-electron chi connectivity index (χ4n) is 3.99. The lowest BCUT2D eigenvalue weighted by Gasteiger charge is -2.23. The summed E-state index contributed by atoms with van der Waals surface area (Å²) >= 11 is 1.24. The summed E-state index contributed by atoms with van der Waals surface area (Å²) in [5.41, 5.74) is 1.66. The molecule has 1 aliphatic heterocycles. The fraction of sp³-hybridized carbons (Fsp3) is 0.160. The van der Waals surface area contributed by atoms with Crippen molar-refractivity contribution in [3.05, 3.63) is 90.0 Å². The molecule has 0 bridgehead atoms. The Morgan fingerprint density at radius 2 is 1.79 bits per heavy atom. The van der Waals surface area contributed by atoms with Crippen LogP contribution in [0.15, 0.2) is 72.8 Å². The van der Waals surface area contributed by atoms with E-state index in [1.165, 1.54) is 51.5 Å². The molecule has 0 N–H and O–H groups in total. The van der Waals surface area contributed by atoms with Gasteiger partial charge in [0.1, 0.15) is 17.2 Å². The first-order valence-electron chi connectivity index (χ1n) is 10.5. The maximum Gasteiger partial charge on any atom is 0.234 e. The molecule has 4 aromatic rings. The summed E-state index contributed by atoms with van der Waals surface area (Å²) in [6.45, 7) is 0.441. The summed E-state index contributed by atoms with van der Waals surface area (Å²) in [4.78, 5) is 33.8. The van der Waals surface area contributed by atoms with Crippen LogP contribution in [-0.2, 0) is 16.1 Å². The monoisotopic (exact) mass is 463 g/mol. The maximum absolute atomic E-state index is 14.3. The van der Waals surface area contributed by atoms with Crippen molar-refractivity contribution in [2.24, 2.45) is 5.92 Å². The zero-order valence-corrected chi connectivity index (χ0v) is 18.3. The molecule has 8 heteroatoms. The molecule has 2 heterocycles. The van der Waals surface area contributed by atoms with Gasteiger partial charge in [0.2, 0.25) is 11.8 Å². The van der Waals surface area contributed by atoms with E-state index in [1.807, 2.05) is 30.3 Å². The molecular formula is C25H19F2N3O2S. The normalized spacial score (nSPS) is 15.9. The van der Waals surface area contributed by atoms with Crippen molar-refractivity contribution in [3.8, 4) is 0 Å². The van der Waals surface area contributed by atoms with E-state index < -0.39 is 17.6 Å². The highest BCUT2D eigenvalue weighted by Crippen LogP contribution is 2.34. The Kier molecular flexibility index (Phi) is 5.60. The minimum atomic E-state index is -0.594. The molecule has 0 saturated carbocycles. The van der Waals surface area contributed by atoms with Gasteiger partial charge in [0.05, 0.1) is 17.2 Å². The lowest BCUT2D eigenvalue weighted by atomic mass is 10.1. The highest BCUT2D eigenvalue weighted by atomic mass is 32.1. The number of anilines is 2. The Morgan fingerprint density at radius 1 is 1.03 bits per heavy atom. The van der Waals surface area contributed by atoms with Gasteiger partial charge in [0.15, 0.2) is 5.13 Å². The van der Waals surface area contributed by atoms with Gasteiger partial charge in [-0.1, -0.05) is 47.7 Å². The number of carbonyl (C=O) groups excluding carboxylic acids is 2. The molecule has 1 aliphatic rings. The summed E-state index contributed by atoms with van der Waals surface area (Å²) in [7, 11) is 0. The SMILES string of the molecule is O=C1CC(C(=O)N(Cc2ccccc2)c2nc3c(F)cccc3s2)CN1c1ccc(F)cc1. The van der Waals surface area contributed by atoms with Crippen LogP contribution in [-0.4, -0.2) is 23.3 Å². The van der Waals surface area contributed by atoms with Gasteiger partial charge in [-0.15, -0.1) is 0 Å². The minimum Gasteiger partial charge on any atom is -0.312 e. The number of benzene rings is 3. The van der Waals surface area contributed by atoms with E-state index in [-0.39, 0.29) is 36.8 Å². The first-order valence-corrected chi connectivity index (χ1v) is 11.3. The Balaban J connectivity index is 1.46. The molecule has 0 aliphatic carbocycles. The van der Waals surface area contributed by atoms with Crippen LogP contribution < -0.4 is 9.80 Å². The van der Waals surface area contributed by atoms with Crippen molar-refractivity contribution in [1.29, 1.82) is 0 Å². The number of aromatic nitrogens is 1. The smallest absolute Gasteiger partial charge is 0.234 e. The molecule has 166 valence electrons. The van der Waals surface area contributed by atoms with Crippen LogP contribution in [0.2, 0.25) is 0 Å². The highest BCUT2D eigenvalue weighted by Gasteiger charge is 2.38. The summed E-state index contributed by atoms with van der Waals surface area (Å²) in [5, 5.41) is 0.386. The Morgan fingerprint density at radius 3 is 2.52 bits per heavy atom. The first kappa shape index (κ1) is 21.2. The Labute approximate surface area is 192 Å². The van der Waals surface area contributed by atoms with E-state index in [1.54, 1.807) is 12.1 Å².